The Bertz CT molecular complexity index is 746. The van der Waals surface area contributed by atoms with Gasteiger partial charge in [0.05, 0.1) is 11.7 Å². The van der Waals surface area contributed by atoms with Crippen LogP contribution in [-0.2, 0) is 5.88 Å². The Morgan fingerprint density at radius 3 is 2.75 bits per heavy atom. The third-order valence-electron chi connectivity index (χ3n) is 3.33. The van der Waals surface area contributed by atoms with Gasteiger partial charge in [0.2, 0.25) is 0 Å². The summed E-state index contributed by atoms with van der Waals surface area (Å²) in [5.41, 5.74) is 3.17. The van der Waals surface area contributed by atoms with Crippen molar-refractivity contribution in [1.29, 1.82) is 0 Å². The third-order valence-corrected chi connectivity index (χ3v) is 3.64. The number of hydrogen-bond acceptors (Lipinski definition) is 2. The van der Waals surface area contributed by atoms with Gasteiger partial charge in [-0.3, -0.25) is 0 Å². The van der Waals surface area contributed by atoms with Crippen LogP contribution >= 0.6 is 11.6 Å². The highest BCUT2D eigenvalue weighted by atomic mass is 35.5. The van der Waals surface area contributed by atoms with Gasteiger partial charge in [0.1, 0.15) is 0 Å². The third kappa shape index (κ3) is 2.29. The number of fused-ring (bicyclic) bond motifs is 1. The quantitative estimate of drug-likeness (QED) is 0.672. The summed E-state index contributed by atoms with van der Waals surface area (Å²) in [6.45, 7) is 4.26. The number of alkyl halides is 1. The molecule has 102 valence electrons. The van der Waals surface area contributed by atoms with Gasteiger partial charge in [0.25, 0.3) is 0 Å². The smallest absolute Gasteiger partial charge is 0.154 e. The summed E-state index contributed by atoms with van der Waals surface area (Å²) < 4.78 is 1.87. The lowest BCUT2D eigenvalue weighted by Crippen LogP contribution is -2.04. The molecule has 0 atom stereocenters. The van der Waals surface area contributed by atoms with E-state index in [4.69, 9.17) is 16.6 Å². The lowest BCUT2D eigenvalue weighted by molar-refractivity contribution is 0.789. The number of benzene rings is 1. The van der Waals surface area contributed by atoms with Gasteiger partial charge in [-0.15, -0.1) is 11.6 Å². The van der Waals surface area contributed by atoms with Gasteiger partial charge in [-0.1, -0.05) is 32.0 Å². The number of aromatic nitrogens is 3. The molecule has 0 aliphatic rings. The van der Waals surface area contributed by atoms with E-state index in [1.54, 1.807) is 0 Å². The molecule has 0 amide bonds. The van der Waals surface area contributed by atoms with Gasteiger partial charge in [-0.05, 0) is 29.7 Å². The van der Waals surface area contributed by atoms with E-state index >= 15 is 0 Å². The molecule has 0 aliphatic carbocycles. The van der Waals surface area contributed by atoms with Crippen LogP contribution in [0.15, 0.2) is 42.6 Å². The molecule has 3 rings (SSSR count). The van der Waals surface area contributed by atoms with Crippen molar-refractivity contribution in [2.24, 2.45) is 0 Å². The summed E-state index contributed by atoms with van der Waals surface area (Å²) in [7, 11) is 0. The normalized spacial score (nSPS) is 11.4. The zero-order valence-electron chi connectivity index (χ0n) is 11.5. The first kappa shape index (κ1) is 13.1. The van der Waals surface area contributed by atoms with E-state index in [-0.39, 0.29) is 0 Å². The molecule has 0 fully saturated rings. The Morgan fingerprint density at radius 2 is 2.00 bits per heavy atom. The number of para-hydroxylation sites is 1. The number of pyridine rings is 1. The van der Waals surface area contributed by atoms with Gasteiger partial charge in [0.15, 0.2) is 5.82 Å². The Kier molecular flexibility index (Phi) is 3.45. The molecule has 1 aromatic carbocycles. The predicted molar refractivity (Wildman–Crippen MR) is 82.5 cm³/mol. The molecule has 2 heterocycles. The maximum absolute atomic E-state index is 6.00. The zero-order chi connectivity index (χ0) is 14.1. The predicted octanol–water partition coefficient (Wildman–Crippen LogP) is 4.28. The van der Waals surface area contributed by atoms with Crippen LogP contribution < -0.4 is 0 Å². The van der Waals surface area contributed by atoms with E-state index in [1.807, 2.05) is 41.2 Å². The van der Waals surface area contributed by atoms with Crippen molar-refractivity contribution in [2.45, 2.75) is 25.6 Å². The SMILES string of the molecule is CC(C)c1cc(CCl)cc(-n2ncc3ccccc32)n1. The topological polar surface area (TPSA) is 30.7 Å². The largest absolute Gasteiger partial charge is 0.233 e. The van der Waals surface area contributed by atoms with Crippen molar-refractivity contribution in [2.75, 3.05) is 0 Å². The van der Waals surface area contributed by atoms with Gasteiger partial charge in [-0.2, -0.15) is 5.10 Å². The van der Waals surface area contributed by atoms with Crippen molar-refractivity contribution in [3.05, 3.63) is 53.9 Å². The maximum Gasteiger partial charge on any atom is 0.154 e. The van der Waals surface area contributed by atoms with Crippen molar-refractivity contribution < 1.29 is 0 Å². The van der Waals surface area contributed by atoms with Gasteiger partial charge >= 0.3 is 0 Å². The van der Waals surface area contributed by atoms with Crippen molar-refractivity contribution >= 4 is 22.5 Å². The van der Waals surface area contributed by atoms with Crippen molar-refractivity contribution in [1.82, 2.24) is 14.8 Å². The van der Waals surface area contributed by atoms with E-state index in [0.29, 0.717) is 11.8 Å². The van der Waals surface area contributed by atoms with Crippen molar-refractivity contribution in [3.63, 3.8) is 0 Å². The van der Waals surface area contributed by atoms with Gasteiger partial charge in [0, 0.05) is 17.0 Å². The molecule has 4 heteroatoms. The number of hydrogen-bond donors (Lipinski definition) is 0. The molecule has 20 heavy (non-hydrogen) atoms. The summed E-state index contributed by atoms with van der Waals surface area (Å²) in [6.07, 6.45) is 1.86. The minimum absolute atomic E-state index is 0.360. The van der Waals surface area contributed by atoms with Crippen LogP contribution in [0.25, 0.3) is 16.7 Å². The molecule has 3 aromatic rings. The highest BCUT2D eigenvalue weighted by Crippen LogP contribution is 2.21. The molecular weight excluding hydrogens is 270 g/mol. The molecule has 2 aromatic heterocycles. The molecule has 0 radical (unpaired) electrons. The lowest BCUT2D eigenvalue weighted by atomic mass is 10.1. The molecule has 3 nitrogen and oxygen atoms in total. The lowest BCUT2D eigenvalue weighted by Gasteiger charge is -2.10. The van der Waals surface area contributed by atoms with Crippen molar-refractivity contribution in [3.8, 4) is 5.82 Å². The zero-order valence-corrected chi connectivity index (χ0v) is 12.3. The van der Waals surface area contributed by atoms with E-state index in [9.17, 15) is 0 Å². The number of rotatable bonds is 3. The van der Waals surface area contributed by atoms with E-state index < -0.39 is 0 Å². The Labute approximate surface area is 123 Å². The summed E-state index contributed by atoms with van der Waals surface area (Å²) in [4.78, 5) is 4.72. The van der Waals surface area contributed by atoms with Crippen LogP contribution in [0.2, 0.25) is 0 Å². The van der Waals surface area contributed by atoms with E-state index in [1.165, 1.54) is 0 Å². The fourth-order valence-corrected chi connectivity index (χ4v) is 2.38. The molecule has 0 spiro atoms. The highest BCUT2D eigenvalue weighted by Gasteiger charge is 2.10. The summed E-state index contributed by atoms with van der Waals surface area (Å²) >= 11 is 6.00. The highest BCUT2D eigenvalue weighted by molar-refractivity contribution is 6.17. The number of nitrogens with zero attached hydrogens (tertiary/aromatic N) is 3. The van der Waals surface area contributed by atoms with Crippen LogP contribution in [0.5, 0.6) is 0 Å². The first-order chi connectivity index (χ1) is 9.69. The van der Waals surface area contributed by atoms with E-state index in [0.717, 1.165) is 28.0 Å². The molecule has 0 aliphatic heterocycles. The Balaban J connectivity index is 2.20. The second kappa shape index (κ2) is 5.25. The monoisotopic (exact) mass is 285 g/mol. The summed E-state index contributed by atoms with van der Waals surface area (Å²) in [5.74, 6) is 1.67. The second-order valence-corrected chi connectivity index (χ2v) is 5.43. The summed E-state index contributed by atoms with van der Waals surface area (Å²) in [5, 5.41) is 5.56. The minimum Gasteiger partial charge on any atom is -0.233 e. The standard InChI is InChI=1S/C16H16ClN3/c1-11(2)14-7-12(9-17)8-16(19-14)20-15-6-4-3-5-13(15)10-18-20/h3-8,10-11H,9H2,1-2H3. The summed E-state index contributed by atoms with van der Waals surface area (Å²) in [6, 6.07) is 12.2. The van der Waals surface area contributed by atoms with E-state index in [2.05, 4.69) is 25.0 Å². The average Bonchev–Trinajstić information content (AvgIpc) is 2.90. The van der Waals surface area contributed by atoms with Crippen LogP contribution in [-0.4, -0.2) is 14.8 Å². The average molecular weight is 286 g/mol. The van der Waals surface area contributed by atoms with Crippen LogP contribution in [0.4, 0.5) is 0 Å². The fraction of sp³-hybridized carbons (Fsp3) is 0.250. The Hall–Kier alpha value is -1.87. The minimum atomic E-state index is 0.360. The maximum atomic E-state index is 6.00. The molecule has 0 bridgehead atoms. The molecule has 0 saturated carbocycles. The second-order valence-electron chi connectivity index (χ2n) is 5.16. The molecule has 0 saturated heterocycles. The van der Waals surface area contributed by atoms with Gasteiger partial charge in [-0.25, -0.2) is 9.67 Å². The van der Waals surface area contributed by atoms with Crippen LogP contribution in [0.3, 0.4) is 0 Å². The molecule has 0 N–H and O–H groups in total. The Morgan fingerprint density at radius 1 is 1.20 bits per heavy atom. The van der Waals surface area contributed by atoms with Gasteiger partial charge < -0.3 is 0 Å². The number of halogens is 1. The first-order valence-corrected chi connectivity index (χ1v) is 7.22. The first-order valence-electron chi connectivity index (χ1n) is 6.69. The van der Waals surface area contributed by atoms with Crippen LogP contribution in [0.1, 0.15) is 31.0 Å². The van der Waals surface area contributed by atoms with Crippen LogP contribution in [0, 0.1) is 0 Å². The fourth-order valence-electron chi connectivity index (χ4n) is 2.23. The molecular formula is C16H16ClN3. The molecule has 0 unspecified atom stereocenters.